The zero-order valence-electron chi connectivity index (χ0n) is 15.5. The summed E-state index contributed by atoms with van der Waals surface area (Å²) in [5.41, 5.74) is 2.85. The lowest BCUT2D eigenvalue weighted by atomic mass is 9.96. The molecular formula is C21H23N5O. The molecule has 0 saturated carbocycles. The molecule has 0 spiro atoms. The Balaban J connectivity index is 1.57. The minimum Gasteiger partial charge on any atom is -0.337 e. The Morgan fingerprint density at radius 2 is 1.93 bits per heavy atom. The molecule has 1 aliphatic rings. The van der Waals surface area contributed by atoms with Crippen molar-refractivity contribution in [2.24, 2.45) is 5.92 Å². The lowest BCUT2D eigenvalue weighted by Crippen LogP contribution is -2.36. The highest BCUT2D eigenvalue weighted by atomic mass is 16.2. The number of nitrogens with zero attached hydrogens (tertiary/aromatic N) is 5. The number of benzene rings is 1. The van der Waals surface area contributed by atoms with E-state index in [0.717, 1.165) is 37.0 Å². The Kier molecular flexibility index (Phi) is 5.07. The van der Waals surface area contributed by atoms with Crippen molar-refractivity contribution in [3.05, 3.63) is 66.4 Å². The monoisotopic (exact) mass is 361 g/mol. The zero-order chi connectivity index (χ0) is 18.6. The van der Waals surface area contributed by atoms with Gasteiger partial charge in [-0.2, -0.15) is 0 Å². The Labute approximate surface area is 158 Å². The van der Waals surface area contributed by atoms with E-state index in [1.54, 1.807) is 12.4 Å². The van der Waals surface area contributed by atoms with Crippen LogP contribution in [0.15, 0.2) is 55.2 Å². The van der Waals surface area contributed by atoms with Gasteiger partial charge in [-0.25, -0.2) is 9.97 Å². The lowest BCUT2D eigenvalue weighted by Gasteiger charge is -2.24. The van der Waals surface area contributed by atoms with Gasteiger partial charge >= 0.3 is 0 Å². The van der Waals surface area contributed by atoms with Crippen LogP contribution in [0.4, 0.5) is 0 Å². The largest absolute Gasteiger partial charge is 0.337 e. The van der Waals surface area contributed by atoms with Crippen molar-refractivity contribution in [2.45, 2.75) is 6.42 Å². The minimum atomic E-state index is 0.00643. The molecule has 1 fully saturated rings. The van der Waals surface area contributed by atoms with Gasteiger partial charge in [0.2, 0.25) is 0 Å². The van der Waals surface area contributed by atoms with Crippen LogP contribution in [0.3, 0.4) is 0 Å². The van der Waals surface area contributed by atoms with Gasteiger partial charge in [-0.05, 0) is 31.0 Å². The maximum atomic E-state index is 12.9. The van der Waals surface area contributed by atoms with Gasteiger partial charge in [-0.1, -0.05) is 24.3 Å². The van der Waals surface area contributed by atoms with E-state index in [9.17, 15) is 4.79 Å². The van der Waals surface area contributed by atoms with Crippen LogP contribution in [-0.2, 0) is 6.42 Å². The maximum absolute atomic E-state index is 12.9. The van der Waals surface area contributed by atoms with Gasteiger partial charge in [0.1, 0.15) is 6.33 Å². The van der Waals surface area contributed by atoms with Crippen molar-refractivity contribution in [3.8, 4) is 0 Å². The number of hydrogen-bond acceptors (Lipinski definition) is 5. The fourth-order valence-corrected chi connectivity index (χ4v) is 3.83. The molecule has 1 amide bonds. The quantitative estimate of drug-likeness (QED) is 0.716. The predicted molar refractivity (Wildman–Crippen MR) is 104 cm³/mol. The Hall–Kier alpha value is -2.86. The molecule has 138 valence electrons. The fourth-order valence-electron chi connectivity index (χ4n) is 3.83. The van der Waals surface area contributed by atoms with Crippen LogP contribution in [-0.4, -0.2) is 63.9 Å². The molecule has 3 aromatic rings. The average Bonchev–Trinajstić information content (AvgIpc) is 2.89. The van der Waals surface area contributed by atoms with Crippen LogP contribution in [0.2, 0.25) is 0 Å². The second-order valence-electron chi connectivity index (χ2n) is 7.20. The summed E-state index contributed by atoms with van der Waals surface area (Å²) in [6.45, 7) is 3.26. The van der Waals surface area contributed by atoms with E-state index < -0.39 is 0 Å². The van der Waals surface area contributed by atoms with E-state index in [0.29, 0.717) is 18.0 Å². The molecule has 1 atom stereocenters. The van der Waals surface area contributed by atoms with Gasteiger partial charge in [0.15, 0.2) is 0 Å². The highest BCUT2D eigenvalue weighted by Crippen LogP contribution is 2.22. The van der Waals surface area contributed by atoms with Crippen LogP contribution in [0.1, 0.15) is 15.9 Å². The fraction of sp³-hybridized carbons (Fsp3) is 0.333. The van der Waals surface area contributed by atoms with E-state index in [1.165, 1.54) is 11.9 Å². The molecule has 0 radical (unpaired) electrons. The number of hydrogen-bond donors (Lipinski definition) is 0. The molecule has 1 aliphatic heterocycles. The van der Waals surface area contributed by atoms with Crippen LogP contribution >= 0.6 is 0 Å². The number of likely N-dealkylation sites (N-methyl/N-ethyl adjacent to an activating group) is 1. The molecule has 6 nitrogen and oxygen atoms in total. The molecule has 1 aromatic carbocycles. The number of aromatic nitrogens is 3. The number of carbonyl (C=O) groups excluding carboxylic acids is 1. The normalized spacial score (nSPS) is 18.4. The van der Waals surface area contributed by atoms with Gasteiger partial charge in [-0.15, -0.1) is 0 Å². The summed E-state index contributed by atoms with van der Waals surface area (Å²) in [5, 5.41) is 1.16. The number of pyridine rings is 1. The number of para-hydroxylation sites is 1. The van der Waals surface area contributed by atoms with Crippen molar-refractivity contribution >= 4 is 16.8 Å². The summed E-state index contributed by atoms with van der Waals surface area (Å²) in [5.74, 6) is 0.352. The Morgan fingerprint density at radius 3 is 2.78 bits per heavy atom. The van der Waals surface area contributed by atoms with Crippen LogP contribution in [0, 0.1) is 5.92 Å². The highest BCUT2D eigenvalue weighted by molar-refractivity contribution is 5.93. The maximum Gasteiger partial charge on any atom is 0.257 e. The third kappa shape index (κ3) is 3.95. The second-order valence-corrected chi connectivity index (χ2v) is 7.20. The van der Waals surface area contributed by atoms with E-state index in [4.69, 9.17) is 0 Å². The molecular weight excluding hydrogens is 338 g/mol. The first-order valence-corrected chi connectivity index (χ1v) is 9.26. The molecule has 0 unspecified atom stereocenters. The SMILES string of the molecule is CN1CCN(C(=O)c2cncnc2)C[C@H](Cc2cccc3cccnc23)C1. The van der Waals surface area contributed by atoms with E-state index >= 15 is 0 Å². The smallest absolute Gasteiger partial charge is 0.257 e. The molecule has 3 heterocycles. The average molecular weight is 361 g/mol. The van der Waals surface area contributed by atoms with Gasteiger partial charge in [0, 0.05) is 50.2 Å². The summed E-state index contributed by atoms with van der Waals surface area (Å²) in [4.78, 5) is 29.7. The van der Waals surface area contributed by atoms with Crippen LogP contribution in [0.5, 0.6) is 0 Å². The summed E-state index contributed by atoms with van der Waals surface area (Å²) in [6, 6.07) is 10.4. The van der Waals surface area contributed by atoms with Gasteiger partial charge in [0.05, 0.1) is 11.1 Å². The number of fused-ring (bicyclic) bond motifs is 1. The van der Waals surface area contributed by atoms with Gasteiger partial charge < -0.3 is 9.80 Å². The lowest BCUT2D eigenvalue weighted by molar-refractivity contribution is 0.0745. The summed E-state index contributed by atoms with van der Waals surface area (Å²) >= 11 is 0. The van der Waals surface area contributed by atoms with Crippen molar-refractivity contribution in [1.29, 1.82) is 0 Å². The molecule has 0 bridgehead atoms. The summed E-state index contributed by atoms with van der Waals surface area (Å²) in [6.07, 6.45) is 7.37. The third-order valence-corrected chi connectivity index (χ3v) is 5.12. The third-order valence-electron chi connectivity index (χ3n) is 5.12. The van der Waals surface area contributed by atoms with Crippen molar-refractivity contribution in [2.75, 3.05) is 33.2 Å². The summed E-state index contributed by atoms with van der Waals surface area (Å²) in [7, 11) is 2.12. The van der Waals surface area contributed by atoms with Crippen molar-refractivity contribution in [3.63, 3.8) is 0 Å². The van der Waals surface area contributed by atoms with Gasteiger partial charge in [0.25, 0.3) is 5.91 Å². The first-order chi connectivity index (χ1) is 13.2. The molecule has 4 rings (SSSR count). The topological polar surface area (TPSA) is 62.2 Å². The van der Waals surface area contributed by atoms with Crippen molar-refractivity contribution < 1.29 is 4.79 Å². The van der Waals surface area contributed by atoms with Crippen molar-refractivity contribution in [1.82, 2.24) is 24.8 Å². The summed E-state index contributed by atoms with van der Waals surface area (Å²) < 4.78 is 0. The second kappa shape index (κ2) is 7.80. The van der Waals surface area contributed by atoms with E-state index in [-0.39, 0.29) is 5.91 Å². The minimum absolute atomic E-state index is 0.00643. The Bertz CT molecular complexity index is 925. The van der Waals surface area contributed by atoms with Gasteiger partial charge in [-0.3, -0.25) is 9.78 Å². The first kappa shape index (κ1) is 17.5. The molecule has 6 heteroatoms. The molecule has 2 aromatic heterocycles. The molecule has 27 heavy (non-hydrogen) atoms. The van der Waals surface area contributed by atoms with Crippen LogP contribution in [0.25, 0.3) is 10.9 Å². The first-order valence-electron chi connectivity index (χ1n) is 9.26. The highest BCUT2D eigenvalue weighted by Gasteiger charge is 2.26. The van der Waals surface area contributed by atoms with Crippen LogP contribution < -0.4 is 0 Å². The number of carbonyl (C=O) groups is 1. The number of rotatable bonds is 3. The zero-order valence-corrected chi connectivity index (χ0v) is 15.5. The number of amides is 1. The molecule has 1 saturated heterocycles. The van der Waals surface area contributed by atoms with E-state index in [2.05, 4.69) is 51.2 Å². The standard InChI is InChI=1S/C21H23N5O/c1-25-8-9-26(21(27)19-11-22-15-23-12-19)14-16(13-25)10-18-5-2-4-17-6-3-7-24-20(17)18/h2-7,11-12,15-16H,8-10,13-14H2,1H3/t16-/m1/s1. The molecule has 0 aliphatic carbocycles. The predicted octanol–water partition coefficient (Wildman–Crippen LogP) is 2.27. The van der Waals surface area contributed by atoms with E-state index in [1.807, 2.05) is 17.2 Å². The molecule has 0 N–H and O–H groups in total. The Morgan fingerprint density at radius 1 is 1.11 bits per heavy atom.